The predicted octanol–water partition coefficient (Wildman–Crippen LogP) is 4.92. The molecule has 2 unspecified atom stereocenters. The fourth-order valence-electron chi connectivity index (χ4n) is 6.54. The Morgan fingerprint density at radius 3 is 1.88 bits per heavy atom. The molecule has 0 aliphatic carbocycles. The molecule has 16 heteroatoms. The molecule has 1 fully saturated rings. The molecule has 2 aliphatic heterocycles. The van der Waals surface area contributed by atoms with E-state index >= 15 is 0 Å². The molecule has 3 aromatic carbocycles. The summed E-state index contributed by atoms with van der Waals surface area (Å²) in [7, 11) is 0. The molecule has 3 aromatic rings. The Morgan fingerprint density at radius 1 is 0.865 bits per heavy atom. The second-order valence-corrected chi connectivity index (χ2v) is 12.8. The summed E-state index contributed by atoms with van der Waals surface area (Å²) >= 11 is 0. The number of phenolic OH excluding ortho intramolecular Hbond substituents is 2. The number of rotatable bonds is 9. The van der Waals surface area contributed by atoms with Crippen molar-refractivity contribution in [1.82, 2.24) is 5.06 Å². The van der Waals surface area contributed by atoms with Gasteiger partial charge in [-0.25, -0.2) is 5.06 Å². The van der Waals surface area contributed by atoms with Gasteiger partial charge in [-0.15, -0.1) is 0 Å². The number of esters is 3. The van der Waals surface area contributed by atoms with Gasteiger partial charge in [-0.1, -0.05) is 51.1 Å². The standard InChI is InChI=1S/C36H40N2O14/c1-8-17(3)29-34(44)38(47)36(18(4)9-2,35(45)37(29)46)51-26-16-23(12-15-25(26)52-38)28-31(43)30(42)27(22-10-13-24(14-11-22)48-19(5)39)32(49-20(6)40)33(28)50-21(7)41/h10-18,29,34,42-44,46H,8-9H2,1-7H3/t17-,18-,29?,34?,36+,38-/m0/s1. The molecule has 2 heterocycles. The van der Waals surface area contributed by atoms with E-state index in [1.807, 2.05) is 0 Å². The minimum Gasteiger partial charge on any atom is -0.584 e. The van der Waals surface area contributed by atoms with Crippen LogP contribution in [-0.4, -0.2) is 72.2 Å². The largest absolute Gasteiger partial charge is 0.584 e. The zero-order valence-electron chi connectivity index (χ0n) is 29.5. The number of hydroxylamine groups is 6. The Bertz CT molecular complexity index is 1930. The number of phenols is 2. The highest BCUT2D eigenvalue weighted by Crippen LogP contribution is 2.58. The van der Waals surface area contributed by atoms with Crippen molar-refractivity contribution in [2.24, 2.45) is 11.8 Å². The normalized spacial score (nSPS) is 23.3. The average molecular weight is 725 g/mol. The number of hydrogen-bond donors (Lipinski definition) is 4. The molecule has 1 amide bonds. The van der Waals surface area contributed by atoms with Crippen LogP contribution in [0.4, 0.5) is 0 Å². The van der Waals surface area contributed by atoms with E-state index in [9.17, 15) is 44.9 Å². The van der Waals surface area contributed by atoms with E-state index in [-0.39, 0.29) is 45.9 Å². The number of carbonyl (C=O) groups is 4. The van der Waals surface area contributed by atoms with Crippen LogP contribution in [0, 0.1) is 17.0 Å². The second-order valence-electron chi connectivity index (χ2n) is 12.8. The van der Waals surface area contributed by atoms with Gasteiger partial charge in [0.25, 0.3) is 6.23 Å². The third kappa shape index (κ3) is 6.02. The van der Waals surface area contributed by atoms with E-state index in [0.717, 1.165) is 13.8 Å². The molecule has 5 rings (SSSR count). The fraction of sp³-hybridized carbons (Fsp3) is 0.389. The molecule has 278 valence electrons. The van der Waals surface area contributed by atoms with Crippen LogP contribution in [0.25, 0.3) is 22.3 Å². The van der Waals surface area contributed by atoms with Crippen molar-refractivity contribution in [3.8, 4) is 62.5 Å². The maximum Gasteiger partial charge on any atom is 0.368 e. The molecular weight excluding hydrogens is 684 g/mol. The number of carbonyl (C=O) groups excluding carboxylic acids is 4. The van der Waals surface area contributed by atoms with Gasteiger partial charge in [-0.05, 0) is 53.8 Å². The Hall–Kier alpha value is -5.42. The van der Waals surface area contributed by atoms with Crippen LogP contribution in [-0.2, 0) is 19.2 Å². The summed E-state index contributed by atoms with van der Waals surface area (Å²) in [5.74, 6) is -7.91. The topological polar surface area (TPSA) is 222 Å². The van der Waals surface area contributed by atoms with Crippen LogP contribution in [0.1, 0.15) is 61.3 Å². The Labute approximate surface area is 298 Å². The van der Waals surface area contributed by atoms with Crippen LogP contribution >= 0.6 is 0 Å². The highest BCUT2D eigenvalue weighted by molar-refractivity contribution is 5.96. The summed E-state index contributed by atoms with van der Waals surface area (Å²) in [6, 6.07) is 7.99. The number of benzene rings is 3. The van der Waals surface area contributed by atoms with E-state index in [2.05, 4.69) is 0 Å². The minimum absolute atomic E-state index is 0.0381. The first kappa shape index (κ1) is 37.8. The van der Waals surface area contributed by atoms with Gasteiger partial charge in [0.2, 0.25) is 5.75 Å². The Balaban J connectivity index is 1.74. The lowest BCUT2D eigenvalue weighted by Crippen LogP contribution is -2.86. The van der Waals surface area contributed by atoms with Crippen molar-refractivity contribution >= 4 is 23.8 Å². The molecule has 52 heavy (non-hydrogen) atoms. The number of aromatic hydroxyl groups is 2. The maximum atomic E-state index is 14.7. The first-order valence-electron chi connectivity index (χ1n) is 16.5. The number of ether oxygens (including phenoxy) is 4. The van der Waals surface area contributed by atoms with Crippen LogP contribution < -0.4 is 23.8 Å². The lowest BCUT2D eigenvalue weighted by atomic mass is 9.85. The summed E-state index contributed by atoms with van der Waals surface area (Å²) in [6.45, 7) is 9.95. The third-order valence-corrected chi connectivity index (χ3v) is 9.41. The van der Waals surface area contributed by atoms with Crippen molar-refractivity contribution in [1.29, 1.82) is 0 Å². The van der Waals surface area contributed by atoms with Gasteiger partial charge >= 0.3 is 29.5 Å². The summed E-state index contributed by atoms with van der Waals surface area (Å²) in [4.78, 5) is 54.2. The molecule has 16 nitrogen and oxygen atoms in total. The molecule has 2 aliphatic rings. The van der Waals surface area contributed by atoms with Crippen molar-refractivity contribution in [2.45, 2.75) is 79.3 Å². The van der Waals surface area contributed by atoms with Gasteiger partial charge < -0.3 is 44.3 Å². The van der Waals surface area contributed by atoms with Crippen LogP contribution in [0.2, 0.25) is 0 Å². The SMILES string of the molecule is CC[C@H](C)C1C(O)[N@+]2([O-])Oc3ccc(-c4c(O)c(O)c(-c5ccc(OC(C)=O)cc5)c(OC(C)=O)c4OC(C)=O)cc3O[C@]2([C@@H](C)CC)C(=O)N1O. The zero-order chi connectivity index (χ0) is 38.4. The molecular formula is C36H40N2O14. The van der Waals surface area contributed by atoms with Gasteiger partial charge in [0.05, 0.1) is 17.0 Å². The van der Waals surface area contributed by atoms with Crippen molar-refractivity contribution < 1.29 is 68.3 Å². The van der Waals surface area contributed by atoms with E-state index in [1.165, 1.54) is 56.3 Å². The van der Waals surface area contributed by atoms with Crippen molar-refractivity contribution in [3.05, 3.63) is 47.7 Å². The summed E-state index contributed by atoms with van der Waals surface area (Å²) in [5.41, 5.74) is -3.06. The lowest BCUT2D eigenvalue weighted by Gasteiger charge is -2.61. The number of nitrogens with zero attached hydrogens (tertiary/aromatic N) is 2. The van der Waals surface area contributed by atoms with Crippen molar-refractivity contribution in [3.63, 3.8) is 0 Å². The number of hydrogen-bond acceptors (Lipinski definition) is 14. The predicted molar refractivity (Wildman–Crippen MR) is 180 cm³/mol. The zero-order valence-corrected chi connectivity index (χ0v) is 29.5. The maximum absolute atomic E-state index is 14.7. The van der Waals surface area contributed by atoms with Gasteiger partial charge in [0.1, 0.15) is 11.8 Å². The highest BCUT2D eigenvalue weighted by Gasteiger charge is 2.74. The minimum atomic E-state index is -2.55. The first-order valence-corrected chi connectivity index (χ1v) is 16.5. The van der Waals surface area contributed by atoms with E-state index < -0.39 is 81.5 Å². The van der Waals surface area contributed by atoms with Gasteiger partial charge in [-0.2, -0.15) is 0 Å². The van der Waals surface area contributed by atoms with Crippen LogP contribution in [0.5, 0.6) is 40.2 Å². The Morgan fingerprint density at radius 2 is 1.38 bits per heavy atom. The molecule has 0 radical (unpaired) electrons. The molecule has 0 spiro atoms. The van der Waals surface area contributed by atoms with E-state index in [4.69, 9.17) is 23.8 Å². The van der Waals surface area contributed by atoms with Crippen molar-refractivity contribution in [2.75, 3.05) is 0 Å². The summed E-state index contributed by atoms with van der Waals surface area (Å²) in [5, 5.41) is 60.6. The second kappa shape index (κ2) is 14.0. The van der Waals surface area contributed by atoms with Crippen LogP contribution in [0.15, 0.2) is 42.5 Å². The number of quaternary nitrogens is 1. The molecule has 1 saturated heterocycles. The fourth-order valence-corrected chi connectivity index (χ4v) is 6.54. The number of aliphatic hydroxyl groups excluding tert-OH is 1. The summed E-state index contributed by atoms with van der Waals surface area (Å²) in [6.07, 6.45) is -1.43. The van der Waals surface area contributed by atoms with E-state index in [0.29, 0.717) is 11.5 Å². The van der Waals surface area contributed by atoms with E-state index in [1.54, 1.807) is 20.8 Å². The average Bonchev–Trinajstić information content (AvgIpc) is 3.08. The van der Waals surface area contributed by atoms with Gasteiger partial charge in [-0.3, -0.25) is 24.4 Å². The van der Waals surface area contributed by atoms with Gasteiger partial charge in [0, 0.05) is 20.8 Å². The number of amides is 1. The molecule has 0 saturated carbocycles. The van der Waals surface area contributed by atoms with Crippen LogP contribution in [0.3, 0.4) is 0 Å². The number of aliphatic hydroxyl groups is 1. The first-order chi connectivity index (χ1) is 24.4. The molecule has 0 bridgehead atoms. The van der Waals surface area contributed by atoms with Gasteiger partial charge in [0.15, 0.2) is 28.7 Å². The molecule has 4 N–H and O–H groups in total. The molecule has 6 atom stereocenters. The number of piperazine rings is 1. The number of fused-ring (bicyclic) bond motifs is 2. The molecule has 0 aromatic heterocycles. The lowest BCUT2D eigenvalue weighted by molar-refractivity contribution is -1.13. The smallest absolute Gasteiger partial charge is 0.368 e. The Kier molecular flexibility index (Phi) is 10.1. The highest BCUT2D eigenvalue weighted by atomic mass is 17.0. The summed E-state index contributed by atoms with van der Waals surface area (Å²) < 4.78 is 22.3. The monoisotopic (exact) mass is 724 g/mol. The third-order valence-electron chi connectivity index (χ3n) is 9.41. The quantitative estimate of drug-likeness (QED) is 0.0575.